The molecule has 1 atom stereocenters. The topological polar surface area (TPSA) is 42.2 Å². The van der Waals surface area contributed by atoms with Gasteiger partial charge < -0.3 is 9.47 Å². The molecule has 0 saturated carbocycles. The van der Waals surface area contributed by atoms with Crippen molar-refractivity contribution in [2.24, 2.45) is 0 Å². The van der Waals surface area contributed by atoms with Crippen molar-refractivity contribution in [3.05, 3.63) is 0 Å². The molecule has 1 rings (SSSR count). The van der Waals surface area contributed by atoms with Crippen LogP contribution in [0.15, 0.2) is 0 Å². The van der Waals surface area contributed by atoms with E-state index in [4.69, 9.17) is 14.7 Å². The molecule has 0 bridgehead atoms. The highest BCUT2D eigenvalue weighted by Crippen LogP contribution is 2.13. The maximum Gasteiger partial charge on any atom is 0.157 e. The normalized spacial score (nSPS) is 23.4. The summed E-state index contributed by atoms with van der Waals surface area (Å²) in [5.74, 6) is 0. The molecular formula is C9H15NO2. The third kappa shape index (κ3) is 3.70. The average Bonchev–Trinajstić information content (AvgIpc) is 2.14. The molecular weight excluding hydrogens is 154 g/mol. The van der Waals surface area contributed by atoms with Gasteiger partial charge in [-0.05, 0) is 25.7 Å². The Morgan fingerprint density at radius 1 is 1.50 bits per heavy atom. The van der Waals surface area contributed by atoms with Gasteiger partial charge in [0.25, 0.3) is 0 Å². The van der Waals surface area contributed by atoms with E-state index in [0.717, 1.165) is 25.9 Å². The highest BCUT2D eigenvalue weighted by atomic mass is 16.7. The summed E-state index contributed by atoms with van der Waals surface area (Å²) in [6, 6.07) is 2.08. The highest BCUT2D eigenvalue weighted by Gasteiger charge is 2.12. The summed E-state index contributed by atoms with van der Waals surface area (Å²) in [5, 5.41) is 8.27. The first-order chi connectivity index (χ1) is 5.93. The van der Waals surface area contributed by atoms with E-state index >= 15 is 0 Å². The molecule has 3 nitrogen and oxygen atoms in total. The Morgan fingerprint density at radius 3 is 3.08 bits per heavy atom. The van der Waals surface area contributed by atoms with E-state index in [1.807, 2.05) is 0 Å². The lowest BCUT2D eigenvalue weighted by Gasteiger charge is -2.22. The van der Waals surface area contributed by atoms with E-state index in [1.54, 1.807) is 0 Å². The maximum absolute atomic E-state index is 8.27. The van der Waals surface area contributed by atoms with E-state index in [0.29, 0.717) is 13.0 Å². The minimum absolute atomic E-state index is 0.00237. The molecule has 0 amide bonds. The number of nitrogens with zero attached hydrogens (tertiary/aromatic N) is 1. The lowest BCUT2D eigenvalue weighted by molar-refractivity contribution is -0.162. The molecule has 0 aliphatic carbocycles. The van der Waals surface area contributed by atoms with Crippen LogP contribution in [-0.4, -0.2) is 19.5 Å². The fourth-order valence-electron chi connectivity index (χ4n) is 1.21. The summed E-state index contributed by atoms with van der Waals surface area (Å²) >= 11 is 0. The van der Waals surface area contributed by atoms with Crippen LogP contribution in [0.2, 0.25) is 0 Å². The van der Waals surface area contributed by atoms with Crippen LogP contribution in [0.5, 0.6) is 0 Å². The third-order valence-electron chi connectivity index (χ3n) is 1.87. The van der Waals surface area contributed by atoms with Crippen LogP contribution in [0.25, 0.3) is 0 Å². The average molecular weight is 169 g/mol. The monoisotopic (exact) mass is 169 g/mol. The second-order valence-electron chi connectivity index (χ2n) is 2.93. The summed E-state index contributed by atoms with van der Waals surface area (Å²) in [4.78, 5) is 0. The number of hydrogen-bond acceptors (Lipinski definition) is 3. The number of rotatable bonds is 4. The van der Waals surface area contributed by atoms with Crippen LogP contribution >= 0.6 is 0 Å². The van der Waals surface area contributed by atoms with Gasteiger partial charge in [0.05, 0.1) is 12.7 Å². The molecule has 1 aliphatic heterocycles. The van der Waals surface area contributed by atoms with Crippen molar-refractivity contribution < 1.29 is 9.47 Å². The Kier molecular flexibility index (Phi) is 4.74. The summed E-state index contributed by atoms with van der Waals surface area (Å²) in [7, 11) is 0. The van der Waals surface area contributed by atoms with Crippen molar-refractivity contribution in [2.45, 2.75) is 38.4 Å². The molecule has 1 heterocycles. The smallest absolute Gasteiger partial charge is 0.157 e. The van der Waals surface area contributed by atoms with Crippen molar-refractivity contribution in [1.82, 2.24) is 0 Å². The van der Waals surface area contributed by atoms with Crippen LogP contribution in [-0.2, 0) is 9.47 Å². The zero-order valence-corrected chi connectivity index (χ0v) is 7.29. The van der Waals surface area contributed by atoms with E-state index in [9.17, 15) is 0 Å². The first kappa shape index (κ1) is 9.50. The zero-order chi connectivity index (χ0) is 8.65. The van der Waals surface area contributed by atoms with Crippen LogP contribution in [0.4, 0.5) is 0 Å². The van der Waals surface area contributed by atoms with Gasteiger partial charge in [0.15, 0.2) is 6.29 Å². The molecule has 0 spiro atoms. The van der Waals surface area contributed by atoms with Crippen molar-refractivity contribution in [1.29, 1.82) is 5.26 Å². The molecule has 1 aliphatic rings. The Balaban J connectivity index is 1.95. The van der Waals surface area contributed by atoms with Crippen LogP contribution in [0.1, 0.15) is 32.1 Å². The summed E-state index contributed by atoms with van der Waals surface area (Å²) in [6.45, 7) is 1.47. The van der Waals surface area contributed by atoms with Gasteiger partial charge in [-0.1, -0.05) is 0 Å². The summed E-state index contributed by atoms with van der Waals surface area (Å²) in [6.07, 6.45) is 4.74. The largest absolute Gasteiger partial charge is 0.353 e. The molecule has 0 aromatic rings. The number of hydrogen-bond donors (Lipinski definition) is 0. The summed E-state index contributed by atoms with van der Waals surface area (Å²) < 4.78 is 10.8. The van der Waals surface area contributed by atoms with Crippen molar-refractivity contribution in [3.8, 4) is 6.07 Å². The number of unbranched alkanes of at least 4 members (excludes halogenated alkanes) is 1. The Hall–Kier alpha value is -0.590. The van der Waals surface area contributed by atoms with E-state index < -0.39 is 0 Å². The van der Waals surface area contributed by atoms with Gasteiger partial charge >= 0.3 is 0 Å². The molecule has 0 aromatic heterocycles. The number of ether oxygens (including phenoxy) is 2. The minimum atomic E-state index is -0.00237. The molecule has 12 heavy (non-hydrogen) atoms. The predicted molar refractivity (Wildman–Crippen MR) is 44.4 cm³/mol. The molecule has 0 N–H and O–H groups in total. The fraction of sp³-hybridized carbons (Fsp3) is 0.889. The Labute approximate surface area is 73.3 Å². The lowest BCUT2D eigenvalue weighted by atomic mass is 10.2. The van der Waals surface area contributed by atoms with Gasteiger partial charge in [-0.15, -0.1) is 0 Å². The second kappa shape index (κ2) is 5.99. The number of nitriles is 1. The van der Waals surface area contributed by atoms with Gasteiger partial charge in [-0.3, -0.25) is 0 Å². The molecule has 0 radical (unpaired) electrons. The minimum Gasteiger partial charge on any atom is -0.353 e. The highest BCUT2D eigenvalue weighted by molar-refractivity contribution is 4.67. The zero-order valence-electron chi connectivity index (χ0n) is 7.29. The molecule has 0 aromatic carbocycles. The van der Waals surface area contributed by atoms with Gasteiger partial charge in [0.2, 0.25) is 0 Å². The Bertz CT molecular complexity index is 147. The molecule has 68 valence electrons. The lowest BCUT2D eigenvalue weighted by Crippen LogP contribution is -2.22. The second-order valence-corrected chi connectivity index (χ2v) is 2.93. The van der Waals surface area contributed by atoms with Crippen LogP contribution in [0, 0.1) is 11.3 Å². The standard InChI is InChI=1S/C9H15NO2/c10-6-2-4-8-12-9-5-1-3-7-11-9/h9H,1-5,7-8H2/t9-/m1/s1. The predicted octanol–water partition coefficient (Wildman–Crippen LogP) is 1.83. The van der Waals surface area contributed by atoms with Gasteiger partial charge in [-0.25, -0.2) is 0 Å². The van der Waals surface area contributed by atoms with Gasteiger partial charge in [0, 0.05) is 13.0 Å². The maximum atomic E-state index is 8.27. The fourth-order valence-corrected chi connectivity index (χ4v) is 1.21. The molecule has 3 heteroatoms. The van der Waals surface area contributed by atoms with Gasteiger partial charge in [0.1, 0.15) is 0 Å². The summed E-state index contributed by atoms with van der Waals surface area (Å²) in [5.41, 5.74) is 0. The van der Waals surface area contributed by atoms with Gasteiger partial charge in [-0.2, -0.15) is 5.26 Å². The van der Waals surface area contributed by atoms with E-state index in [1.165, 1.54) is 6.42 Å². The van der Waals surface area contributed by atoms with E-state index in [-0.39, 0.29) is 6.29 Å². The third-order valence-corrected chi connectivity index (χ3v) is 1.87. The van der Waals surface area contributed by atoms with Crippen molar-refractivity contribution >= 4 is 0 Å². The molecule has 1 saturated heterocycles. The van der Waals surface area contributed by atoms with E-state index in [2.05, 4.69) is 6.07 Å². The Morgan fingerprint density at radius 2 is 2.42 bits per heavy atom. The van der Waals surface area contributed by atoms with Crippen LogP contribution < -0.4 is 0 Å². The molecule has 1 fully saturated rings. The SMILES string of the molecule is N#CCCCO[C@@H]1CCCCO1. The van der Waals surface area contributed by atoms with Crippen molar-refractivity contribution in [2.75, 3.05) is 13.2 Å². The van der Waals surface area contributed by atoms with Crippen LogP contribution in [0.3, 0.4) is 0 Å². The first-order valence-corrected chi connectivity index (χ1v) is 4.53. The first-order valence-electron chi connectivity index (χ1n) is 4.53. The van der Waals surface area contributed by atoms with Crippen molar-refractivity contribution in [3.63, 3.8) is 0 Å². The molecule has 0 unspecified atom stereocenters. The quantitative estimate of drug-likeness (QED) is 0.603.